The molecule has 3 heteroatoms. The molecule has 2 aliphatic rings. The van der Waals surface area contributed by atoms with Gasteiger partial charge in [0.05, 0.1) is 11.7 Å². The van der Waals surface area contributed by atoms with Gasteiger partial charge in [0.2, 0.25) is 0 Å². The fourth-order valence-corrected chi connectivity index (χ4v) is 5.64. The Morgan fingerprint density at radius 2 is 1.76 bits per heavy atom. The Hall–Kier alpha value is -2.26. The average Bonchev–Trinajstić information content (AvgIpc) is 3.23. The lowest BCUT2D eigenvalue weighted by molar-refractivity contribution is 0.608. The molecule has 2 aromatic carbocycles. The molecular formula is C22H20N2S. The number of fused-ring (bicyclic) bond motifs is 2. The second-order valence-corrected chi connectivity index (χ2v) is 7.90. The standard InChI is InChI=1S/C22H20N2S/c1-15-17(9-6-14-23-15)22-24(20-10-4-5-11-21(20)25-22)19-13-12-16-7-2-3-8-18(16)19/h2-11,14,19,22H,12-13H2,1H3/t19?,22-/m0/s1. The summed E-state index contributed by atoms with van der Waals surface area (Å²) in [5.41, 5.74) is 6.81. The lowest BCUT2D eigenvalue weighted by atomic mass is 10.0. The van der Waals surface area contributed by atoms with Gasteiger partial charge in [0.1, 0.15) is 5.37 Å². The summed E-state index contributed by atoms with van der Waals surface area (Å²) in [6.45, 7) is 2.12. The second-order valence-electron chi connectivity index (χ2n) is 6.78. The highest BCUT2D eigenvalue weighted by molar-refractivity contribution is 8.00. The van der Waals surface area contributed by atoms with E-state index in [-0.39, 0.29) is 0 Å². The number of anilines is 1. The van der Waals surface area contributed by atoms with Crippen LogP contribution in [0, 0.1) is 6.92 Å². The zero-order valence-electron chi connectivity index (χ0n) is 14.2. The van der Waals surface area contributed by atoms with Gasteiger partial charge in [0, 0.05) is 22.3 Å². The molecule has 0 saturated carbocycles. The molecule has 124 valence electrons. The minimum absolute atomic E-state index is 0.294. The summed E-state index contributed by atoms with van der Waals surface area (Å²) in [6.07, 6.45) is 4.24. The van der Waals surface area contributed by atoms with Gasteiger partial charge in [0.15, 0.2) is 0 Å². The molecule has 5 rings (SSSR count). The van der Waals surface area contributed by atoms with Gasteiger partial charge in [-0.25, -0.2) is 0 Å². The van der Waals surface area contributed by atoms with Crippen LogP contribution in [-0.4, -0.2) is 4.98 Å². The van der Waals surface area contributed by atoms with Crippen molar-refractivity contribution in [2.75, 3.05) is 4.90 Å². The number of nitrogens with zero attached hydrogens (tertiary/aromatic N) is 2. The summed E-state index contributed by atoms with van der Waals surface area (Å²) in [7, 11) is 0. The van der Waals surface area contributed by atoms with E-state index in [0.717, 1.165) is 5.69 Å². The Morgan fingerprint density at radius 3 is 2.68 bits per heavy atom. The van der Waals surface area contributed by atoms with Crippen molar-refractivity contribution in [1.29, 1.82) is 0 Å². The molecule has 0 saturated heterocycles. The normalized spacial score (nSPS) is 21.2. The van der Waals surface area contributed by atoms with Crippen molar-refractivity contribution in [2.24, 2.45) is 0 Å². The summed E-state index contributed by atoms with van der Waals surface area (Å²) >= 11 is 1.96. The Bertz CT molecular complexity index is 937. The van der Waals surface area contributed by atoms with Gasteiger partial charge >= 0.3 is 0 Å². The maximum atomic E-state index is 4.55. The van der Waals surface area contributed by atoms with E-state index in [1.54, 1.807) is 0 Å². The van der Waals surface area contributed by atoms with Gasteiger partial charge in [-0.15, -0.1) is 0 Å². The van der Waals surface area contributed by atoms with Crippen molar-refractivity contribution in [2.45, 2.75) is 36.1 Å². The zero-order valence-corrected chi connectivity index (χ0v) is 15.0. The summed E-state index contributed by atoms with van der Waals surface area (Å²) in [5, 5.41) is 0.294. The Labute approximate surface area is 152 Å². The van der Waals surface area contributed by atoms with Crippen molar-refractivity contribution in [3.8, 4) is 0 Å². The van der Waals surface area contributed by atoms with Crippen molar-refractivity contribution < 1.29 is 0 Å². The molecule has 2 atom stereocenters. The van der Waals surface area contributed by atoms with Crippen LogP contribution in [0.25, 0.3) is 0 Å². The van der Waals surface area contributed by atoms with Crippen molar-refractivity contribution in [1.82, 2.24) is 4.98 Å². The lowest BCUT2D eigenvalue weighted by Crippen LogP contribution is -2.28. The lowest BCUT2D eigenvalue weighted by Gasteiger charge is -2.34. The minimum Gasteiger partial charge on any atom is -0.347 e. The molecule has 0 N–H and O–H groups in total. The summed E-state index contributed by atoms with van der Waals surface area (Å²) in [6, 6.07) is 22.5. The molecule has 2 nitrogen and oxygen atoms in total. The molecule has 1 unspecified atom stereocenters. The molecule has 1 aromatic heterocycles. The van der Waals surface area contributed by atoms with E-state index in [4.69, 9.17) is 0 Å². The monoisotopic (exact) mass is 344 g/mol. The molecule has 0 radical (unpaired) electrons. The number of pyridine rings is 1. The quantitative estimate of drug-likeness (QED) is 0.594. The molecule has 2 heterocycles. The van der Waals surface area contributed by atoms with E-state index in [0.29, 0.717) is 11.4 Å². The molecule has 0 spiro atoms. The van der Waals surface area contributed by atoms with Crippen LogP contribution in [0.2, 0.25) is 0 Å². The Kier molecular flexibility index (Phi) is 3.56. The highest BCUT2D eigenvalue weighted by atomic mass is 32.2. The van der Waals surface area contributed by atoms with Crippen LogP contribution >= 0.6 is 11.8 Å². The maximum absolute atomic E-state index is 4.55. The summed E-state index contributed by atoms with van der Waals surface area (Å²) in [4.78, 5) is 8.56. The fraction of sp³-hybridized carbons (Fsp3) is 0.227. The van der Waals surface area contributed by atoms with Crippen molar-refractivity contribution in [3.05, 3.63) is 89.2 Å². The SMILES string of the molecule is Cc1ncccc1[C@@H]1Sc2ccccc2N1C1CCc2ccccc21. The van der Waals surface area contributed by atoms with Gasteiger partial charge in [-0.05, 0) is 49.1 Å². The molecule has 1 aliphatic carbocycles. The van der Waals surface area contributed by atoms with Crippen LogP contribution in [0.3, 0.4) is 0 Å². The number of hydrogen-bond donors (Lipinski definition) is 0. The summed E-state index contributed by atoms with van der Waals surface area (Å²) < 4.78 is 0. The van der Waals surface area contributed by atoms with Crippen molar-refractivity contribution >= 4 is 17.4 Å². The van der Waals surface area contributed by atoms with Crippen molar-refractivity contribution in [3.63, 3.8) is 0 Å². The van der Waals surface area contributed by atoms with E-state index < -0.39 is 0 Å². The fourth-order valence-electron chi connectivity index (χ4n) is 4.20. The first-order valence-electron chi connectivity index (χ1n) is 8.86. The maximum Gasteiger partial charge on any atom is 0.108 e. The highest BCUT2D eigenvalue weighted by Gasteiger charge is 2.39. The smallest absolute Gasteiger partial charge is 0.108 e. The van der Waals surface area contributed by atoms with Crippen LogP contribution in [0.1, 0.15) is 40.2 Å². The van der Waals surface area contributed by atoms with Gasteiger partial charge in [-0.1, -0.05) is 54.2 Å². The molecule has 0 bridgehead atoms. The number of thioether (sulfide) groups is 1. The first-order chi connectivity index (χ1) is 12.3. The van der Waals surface area contributed by atoms with E-state index in [2.05, 4.69) is 77.5 Å². The van der Waals surface area contributed by atoms with Crippen LogP contribution in [-0.2, 0) is 6.42 Å². The minimum atomic E-state index is 0.294. The van der Waals surface area contributed by atoms with E-state index >= 15 is 0 Å². The zero-order chi connectivity index (χ0) is 16.8. The van der Waals surface area contributed by atoms with Gasteiger partial charge in [-0.3, -0.25) is 4.98 Å². The second kappa shape index (κ2) is 5.92. The van der Waals surface area contributed by atoms with E-state index in [1.807, 2.05) is 18.0 Å². The number of aromatic nitrogens is 1. The third kappa shape index (κ3) is 2.37. The predicted octanol–water partition coefficient (Wildman–Crippen LogP) is 5.69. The number of aryl methyl sites for hydroxylation is 2. The van der Waals surface area contributed by atoms with Crippen LogP contribution < -0.4 is 4.90 Å². The first kappa shape index (κ1) is 15.0. The molecule has 25 heavy (non-hydrogen) atoms. The number of rotatable bonds is 2. The number of benzene rings is 2. The van der Waals surface area contributed by atoms with E-state index in [9.17, 15) is 0 Å². The molecular weight excluding hydrogens is 324 g/mol. The Balaban J connectivity index is 1.65. The van der Waals surface area contributed by atoms with Crippen LogP contribution in [0.4, 0.5) is 5.69 Å². The average molecular weight is 344 g/mol. The summed E-state index contributed by atoms with van der Waals surface area (Å²) in [5.74, 6) is 0. The highest BCUT2D eigenvalue weighted by Crippen LogP contribution is 2.56. The largest absolute Gasteiger partial charge is 0.347 e. The van der Waals surface area contributed by atoms with Gasteiger partial charge in [0.25, 0.3) is 0 Å². The molecule has 1 aliphatic heterocycles. The third-order valence-electron chi connectivity index (χ3n) is 5.39. The van der Waals surface area contributed by atoms with Gasteiger partial charge < -0.3 is 4.90 Å². The topological polar surface area (TPSA) is 16.1 Å². The number of hydrogen-bond acceptors (Lipinski definition) is 3. The van der Waals surface area contributed by atoms with Gasteiger partial charge in [-0.2, -0.15) is 0 Å². The Morgan fingerprint density at radius 1 is 0.960 bits per heavy atom. The first-order valence-corrected chi connectivity index (χ1v) is 9.74. The number of para-hydroxylation sites is 1. The predicted molar refractivity (Wildman–Crippen MR) is 104 cm³/mol. The molecule has 3 aromatic rings. The van der Waals surface area contributed by atoms with Crippen LogP contribution in [0.15, 0.2) is 71.8 Å². The van der Waals surface area contributed by atoms with E-state index in [1.165, 1.54) is 40.1 Å². The van der Waals surface area contributed by atoms with Crippen LogP contribution in [0.5, 0.6) is 0 Å². The molecule has 0 fully saturated rings. The molecule has 0 amide bonds. The third-order valence-corrected chi connectivity index (χ3v) is 6.69.